The van der Waals surface area contributed by atoms with Crippen LogP contribution in [0.4, 0.5) is 5.69 Å². The average molecular weight is 369 g/mol. The molecule has 118 valence electrons. The maximum Gasteiger partial charge on any atom is 0.323 e. The van der Waals surface area contributed by atoms with E-state index in [0.717, 1.165) is 17.2 Å². The molecule has 3 rings (SSSR count). The molecule has 0 aliphatic heterocycles. The standard InChI is InChI=1S/C14H10Cl2N4O2S/c15-8-3-7(12(21)10(16)4-8)5-17-9-1-2-11(18-6-9)13-19-14(22)23-20-13/h1-4,6,17,21H,5H2,(H,19,20,22). The number of hydrogen-bond donors (Lipinski definition) is 3. The van der Waals surface area contributed by atoms with E-state index in [1.54, 1.807) is 24.4 Å². The molecule has 0 aliphatic rings. The van der Waals surface area contributed by atoms with E-state index in [0.29, 0.717) is 28.6 Å². The van der Waals surface area contributed by atoms with E-state index in [9.17, 15) is 9.90 Å². The molecule has 0 atom stereocenters. The molecule has 2 aromatic heterocycles. The molecule has 9 heteroatoms. The number of phenols is 1. The third-order valence-electron chi connectivity index (χ3n) is 3.04. The zero-order chi connectivity index (χ0) is 16.4. The lowest BCUT2D eigenvalue weighted by Gasteiger charge is -2.10. The van der Waals surface area contributed by atoms with Gasteiger partial charge in [-0.3, -0.25) is 14.8 Å². The summed E-state index contributed by atoms with van der Waals surface area (Å²) >= 11 is 12.7. The summed E-state index contributed by atoms with van der Waals surface area (Å²) < 4.78 is 3.97. The Kier molecular flexibility index (Phi) is 4.51. The highest BCUT2D eigenvalue weighted by Crippen LogP contribution is 2.31. The topological polar surface area (TPSA) is 90.9 Å². The van der Waals surface area contributed by atoms with E-state index in [4.69, 9.17) is 23.2 Å². The van der Waals surface area contributed by atoms with E-state index in [2.05, 4.69) is 19.7 Å². The molecule has 23 heavy (non-hydrogen) atoms. The van der Waals surface area contributed by atoms with Crippen molar-refractivity contribution in [1.29, 1.82) is 0 Å². The maximum atomic E-state index is 11.1. The number of nitrogens with one attached hydrogen (secondary N) is 2. The van der Waals surface area contributed by atoms with Gasteiger partial charge in [-0.2, -0.15) is 4.37 Å². The average Bonchev–Trinajstić information content (AvgIpc) is 2.96. The summed E-state index contributed by atoms with van der Waals surface area (Å²) in [6.07, 6.45) is 1.61. The molecule has 0 bridgehead atoms. The number of aromatic amines is 1. The zero-order valence-electron chi connectivity index (χ0n) is 11.5. The van der Waals surface area contributed by atoms with Crippen LogP contribution in [0, 0.1) is 0 Å². The number of pyridine rings is 1. The second-order valence-corrected chi connectivity index (χ2v) is 6.20. The van der Waals surface area contributed by atoms with Crippen LogP contribution in [0.5, 0.6) is 5.75 Å². The summed E-state index contributed by atoms with van der Waals surface area (Å²) in [4.78, 5) is 17.7. The fourth-order valence-electron chi connectivity index (χ4n) is 1.93. The van der Waals surface area contributed by atoms with Gasteiger partial charge in [0.2, 0.25) is 0 Å². The Morgan fingerprint density at radius 2 is 2.13 bits per heavy atom. The minimum absolute atomic E-state index is 0.00630. The quantitative estimate of drug-likeness (QED) is 0.655. The normalized spacial score (nSPS) is 10.7. The fraction of sp³-hybridized carbons (Fsp3) is 0.0714. The Hall–Kier alpha value is -2.09. The predicted octanol–water partition coefficient (Wildman–Crippen LogP) is 3.52. The minimum atomic E-state index is -0.225. The Balaban J connectivity index is 1.73. The van der Waals surface area contributed by atoms with Crippen LogP contribution in [0.2, 0.25) is 10.0 Å². The van der Waals surface area contributed by atoms with Crippen molar-refractivity contribution in [2.75, 3.05) is 5.32 Å². The van der Waals surface area contributed by atoms with Crippen molar-refractivity contribution in [2.24, 2.45) is 0 Å². The molecule has 3 N–H and O–H groups in total. The summed E-state index contributed by atoms with van der Waals surface area (Å²) in [7, 11) is 0. The van der Waals surface area contributed by atoms with E-state index >= 15 is 0 Å². The van der Waals surface area contributed by atoms with Crippen LogP contribution in [-0.4, -0.2) is 19.4 Å². The molecular formula is C14H10Cl2N4O2S. The number of halogens is 2. The Morgan fingerprint density at radius 1 is 1.30 bits per heavy atom. The van der Waals surface area contributed by atoms with Gasteiger partial charge in [-0.25, -0.2) is 0 Å². The van der Waals surface area contributed by atoms with Crippen LogP contribution < -0.4 is 10.2 Å². The van der Waals surface area contributed by atoms with Crippen molar-refractivity contribution in [3.63, 3.8) is 0 Å². The maximum absolute atomic E-state index is 11.1. The second-order valence-electron chi connectivity index (χ2n) is 4.62. The van der Waals surface area contributed by atoms with E-state index < -0.39 is 0 Å². The van der Waals surface area contributed by atoms with E-state index in [1.807, 2.05) is 0 Å². The van der Waals surface area contributed by atoms with Gasteiger partial charge in [0.05, 0.1) is 16.9 Å². The fourth-order valence-corrected chi connectivity index (χ4v) is 2.92. The molecule has 0 spiro atoms. The van der Waals surface area contributed by atoms with Crippen molar-refractivity contribution < 1.29 is 5.11 Å². The number of benzene rings is 1. The number of aromatic nitrogens is 3. The summed E-state index contributed by atoms with van der Waals surface area (Å²) in [6.45, 7) is 0.334. The SMILES string of the molecule is O=c1[nH]c(-c2ccc(NCc3cc(Cl)cc(Cl)c3O)cn2)ns1. The third-order valence-corrected chi connectivity index (χ3v) is 4.08. The van der Waals surface area contributed by atoms with Gasteiger partial charge in [0.1, 0.15) is 11.4 Å². The lowest BCUT2D eigenvalue weighted by molar-refractivity contribution is 0.469. The lowest BCUT2D eigenvalue weighted by Crippen LogP contribution is -2.01. The highest BCUT2D eigenvalue weighted by Gasteiger charge is 2.08. The van der Waals surface area contributed by atoms with Crippen molar-refractivity contribution in [2.45, 2.75) is 6.54 Å². The molecule has 3 aromatic rings. The summed E-state index contributed by atoms with van der Waals surface area (Å²) in [5, 5.41) is 13.7. The monoisotopic (exact) mass is 368 g/mol. The summed E-state index contributed by atoms with van der Waals surface area (Å²) in [5.41, 5.74) is 1.89. The highest BCUT2D eigenvalue weighted by atomic mass is 35.5. The molecule has 0 unspecified atom stereocenters. The lowest BCUT2D eigenvalue weighted by atomic mass is 10.2. The predicted molar refractivity (Wildman–Crippen MR) is 91.4 cm³/mol. The van der Waals surface area contributed by atoms with Gasteiger partial charge >= 0.3 is 4.87 Å². The molecule has 0 radical (unpaired) electrons. The van der Waals surface area contributed by atoms with Crippen LogP contribution in [0.1, 0.15) is 5.56 Å². The van der Waals surface area contributed by atoms with Crippen LogP contribution in [0.3, 0.4) is 0 Å². The third kappa shape index (κ3) is 3.64. The first-order valence-corrected chi connectivity index (χ1v) is 7.99. The number of anilines is 1. The van der Waals surface area contributed by atoms with Gasteiger partial charge in [-0.05, 0) is 24.3 Å². The Labute approximate surface area is 144 Å². The molecule has 0 aliphatic carbocycles. The Morgan fingerprint density at radius 3 is 2.78 bits per heavy atom. The number of hydrogen-bond acceptors (Lipinski definition) is 6. The van der Waals surface area contributed by atoms with Gasteiger partial charge in [0, 0.05) is 28.7 Å². The smallest absolute Gasteiger partial charge is 0.323 e. The van der Waals surface area contributed by atoms with Crippen LogP contribution in [-0.2, 0) is 6.54 Å². The van der Waals surface area contributed by atoms with Crippen molar-refractivity contribution >= 4 is 40.4 Å². The summed E-state index contributed by atoms with van der Waals surface area (Å²) in [6, 6.07) is 6.64. The Bertz CT molecular complexity index is 893. The molecule has 0 saturated heterocycles. The van der Waals surface area contributed by atoms with Gasteiger partial charge in [0.15, 0.2) is 5.82 Å². The first kappa shape index (κ1) is 15.8. The van der Waals surface area contributed by atoms with Crippen molar-refractivity contribution in [3.05, 3.63) is 55.7 Å². The number of nitrogens with zero attached hydrogens (tertiary/aromatic N) is 2. The van der Waals surface area contributed by atoms with Crippen molar-refractivity contribution in [3.8, 4) is 17.3 Å². The van der Waals surface area contributed by atoms with E-state index in [-0.39, 0.29) is 15.6 Å². The molecule has 2 heterocycles. The van der Waals surface area contributed by atoms with Gasteiger partial charge in [-0.1, -0.05) is 23.2 Å². The number of aromatic hydroxyl groups is 1. The van der Waals surface area contributed by atoms with Gasteiger partial charge < -0.3 is 10.4 Å². The van der Waals surface area contributed by atoms with Gasteiger partial charge in [0.25, 0.3) is 0 Å². The molecule has 0 fully saturated rings. The number of phenolic OH excluding ortho intramolecular Hbond substituents is 1. The highest BCUT2D eigenvalue weighted by molar-refractivity contribution is 7.03. The van der Waals surface area contributed by atoms with Crippen LogP contribution >= 0.6 is 34.7 Å². The molecule has 6 nitrogen and oxygen atoms in total. The van der Waals surface area contributed by atoms with Crippen molar-refractivity contribution in [1.82, 2.24) is 14.3 Å². The van der Waals surface area contributed by atoms with E-state index in [1.165, 1.54) is 6.07 Å². The largest absolute Gasteiger partial charge is 0.506 e. The number of rotatable bonds is 4. The molecule has 0 amide bonds. The molecule has 0 saturated carbocycles. The first-order valence-electron chi connectivity index (χ1n) is 6.46. The molecule has 1 aromatic carbocycles. The molecular weight excluding hydrogens is 359 g/mol. The number of H-pyrrole nitrogens is 1. The van der Waals surface area contributed by atoms with Crippen LogP contribution in [0.25, 0.3) is 11.5 Å². The minimum Gasteiger partial charge on any atom is -0.506 e. The second kappa shape index (κ2) is 6.57. The van der Waals surface area contributed by atoms with Gasteiger partial charge in [-0.15, -0.1) is 0 Å². The zero-order valence-corrected chi connectivity index (χ0v) is 13.8. The first-order chi connectivity index (χ1) is 11.0. The van der Waals surface area contributed by atoms with Crippen LogP contribution in [0.15, 0.2) is 35.3 Å². The summed E-state index contributed by atoms with van der Waals surface area (Å²) in [5.74, 6) is 0.430.